The normalized spacial score (nSPS) is 10.3. The molecule has 0 aliphatic heterocycles. The number of nitrogens with one attached hydrogen (secondary N) is 1. The van der Waals surface area contributed by atoms with Crippen LogP contribution in [-0.4, -0.2) is 28.0 Å². The van der Waals surface area contributed by atoms with Crippen LogP contribution in [0.3, 0.4) is 0 Å². The Morgan fingerprint density at radius 1 is 1.55 bits per heavy atom. The van der Waals surface area contributed by atoms with E-state index in [0.29, 0.717) is 6.54 Å². The summed E-state index contributed by atoms with van der Waals surface area (Å²) < 4.78 is 4.52. The molecular formula is C13H14N4O4S. The Bertz CT molecular complexity index is 701. The number of anilines is 1. The molecule has 0 radical (unpaired) electrons. The SMILES string of the molecule is CCc1nc(CNc2ncc(C(=O)OC)cc2[N+](=O)[O-])cs1. The Kier molecular flexibility index (Phi) is 4.99. The van der Waals surface area contributed by atoms with Crippen LogP contribution in [0.25, 0.3) is 0 Å². The van der Waals surface area contributed by atoms with Crippen molar-refractivity contribution < 1.29 is 14.5 Å². The van der Waals surface area contributed by atoms with E-state index in [-0.39, 0.29) is 17.1 Å². The van der Waals surface area contributed by atoms with E-state index < -0.39 is 10.9 Å². The topological polar surface area (TPSA) is 107 Å². The van der Waals surface area contributed by atoms with Gasteiger partial charge in [0, 0.05) is 17.6 Å². The largest absolute Gasteiger partial charge is 0.465 e. The van der Waals surface area contributed by atoms with Gasteiger partial charge < -0.3 is 10.1 Å². The summed E-state index contributed by atoms with van der Waals surface area (Å²) in [6.07, 6.45) is 2.08. The van der Waals surface area contributed by atoms with Gasteiger partial charge in [0.1, 0.15) is 0 Å². The van der Waals surface area contributed by atoms with Crippen molar-refractivity contribution in [2.24, 2.45) is 0 Å². The number of carbonyl (C=O) groups excluding carboxylic acids is 1. The Hall–Kier alpha value is -2.55. The third-order valence-corrected chi connectivity index (χ3v) is 3.87. The van der Waals surface area contributed by atoms with Crippen LogP contribution in [0.2, 0.25) is 0 Å². The lowest BCUT2D eigenvalue weighted by Gasteiger charge is -2.06. The monoisotopic (exact) mass is 322 g/mol. The summed E-state index contributed by atoms with van der Waals surface area (Å²) in [5, 5.41) is 16.9. The fourth-order valence-corrected chi connectivity index (χ4v) is 2.47. The molecule has 0 atom stereocenters. The summed E-state index contributed by atoms with van der Waals surface area (Å²) in [5.74, 6) is -0.585. The highest BCUT2D eigenvalue weighted by Crippen LogP contribution is 2.24. The molecule has 0 saturated carbocycles. The van der Waals surface area contributed by atoms with E-state index in [1.54, 1.807) is 0 Å². The van der Waals surface area contributed by atoms with E-state index in [9.17, 15) is 14.9 Å². The zero-order valence-electron chi connectivity index (χ0n) is 12.0. The first-order valence-corrected chi connectivity index (χ1v) is 7.33. The van der Waals surface area contributed by atoms with Gasteiger partial charge in [0.25, 0.3) is 0 Å². The second kappa shape index (κ2) is 6.94. The molecule has 2 rings (SSSR count). The number of esters is 1. The summed E-state index contributed by atoms with van der Waals surface area (Å²) in [5.41, 5.74) is 0.533. The van der Waals surface area contributed by atoms with E-state index >= 15 is 0 Å². The highest BCUT2D eigenvalue weighted by Gasteiger charge is 2.19. The summed E-state index contributed by atoms with van der Waals surface area (Å²) in [7, 11) is 1.20. The molecule has 0 unspecified atom stereocenters. The van der Waals surface area contributed by atoms with Gasteiger partial charge in [-0.2, -0.15) is 0 Å². The van der Waals surface area contributed by atoms with Crippen molar-refractivity contribution in [3.8, 4) is 0 Å². The maximum Gasteiger partial charge on any atom is 0.339 e. The van der Waals surface area contributed by atoms with Gasteiger partial charge in [-0.15, -0.1) is 11.3 Å². The Balaban J connectivity index is 2.19. The molecule has 0 aliphatic carbocycles. The van der Waals surface area contributed by atoms with Gasteiger partial charge in [-0.1, -0.05) is 6.92 Å². The van der Waals surface area contributed by atoms with Gasteiger partial charge in [-0.25, -0.2) is 14.8 Å². The molecular weight excluding hydrogens is 308 g/mol. The number of ether oxygens (including phenoxy) is 1. The summed E-state index contributed by atoms with van der Waals surface area (Å²) in [6, 6.07) is 1.14. The van der Waals surface area contributed by atoms with Crippen LogP contribution in [-0.2, 0) is 17.7 Å². The number of hydrogen-bond acceptors (Lipinski definition) is 8. The second-order valence-corrected chi connectivity index (χ2v) is 5.22. The van der Waals surface area contributed by atoms with Crippen molar-refractivity contribution >= 4 is 28.8 Å². The van der Waals surface area contributed by atoms with Gasteiger partial charge in [-0.3, -0.25) is 10.1 Å². The minimum Gasteiger partial charge on any atom is -0.465 e. The second-order valence-electron chi connectivity index (χ2n) is 4.28. The molecule has 0 spiro atoms. The van der Waals surface area contributed by atoms with Crippen molar-refractivity contribution in [3.05, 3.63) is 44.0 Å². The Morgan fingerprint density at radius 3 is 2.91 bits per heavy atom. The maximum absolute atomic E-state index is 11.4. The van der Waals surface area contributed by atoms with Crippen LogP contribution in [0, 0.1) is 10.1 Å². The molecule has 0 bridgehead atoms. The summed E-state index contributed by atoms with van der Waals surface area (Å²) >= 11 is 1.54. The van der Waals surface area contributed by atoms with E-state index in [4.69, 9.17) is 0 Å². The number of hydrogen-bond donors (Lipinski definition) is 1. The van der Waals surface area contributed by atoms with Crippen molar-refractivity contribution in [3.63, 3.8) is 0 Å². The molecule has 116 valence electrons. The number of nitrogens with zero attached hydrogens (tertiary/aromatic N) is 3. The third-order valence-electron chi connectivity index (χ3n) is 2.82. The molecule has 0 aromatic carbocycles. The van der Waals surface area contributed by atoms with Crippen LogP contribution >= 0.6 is 11.3 Å². The minimum atomic E-state index is -0.672. The number of nitro groups is 1. The predicted octanol–water partition coefficient (Wildman–Crippen LogP) is 2.41. The van der Waals surface area contributed by atoms with Crippen LogP contribution in [0.4, 0.5) is 11.5 Å². The molecule has 0 saturated heterocycles. The van der Waals surface area contributed by atoms with Crippen LogP contribution in [0.5, 0.6) is 0 Å². The lowest BCUT2D eigenvalue weighted by atomic mass is 10.2. The van der Waals surface area contributed by atoms with E-state index in [2.05, 4.69) is 20.0 Å². The van der Waals surface area contributed by atoms with Crippen LogP contribution in [0.1, 0.15) is 28.0 Å². The average molecular weight is 322 g/mol. The smallest absolute Gasteiger partial charge is 0.339 e. The van der Waals surface area contributed by atoms with Gasteiger partial charge in [0.15, 0.2) is 0 Å². The third kappa shape index (κ3) is 3.55. The number of carbonyl (C=O) groups is 1. The number of aryl methyl sites for hydroxylation is 1. The molecule has 0 aliphatic rings. The Morgan fingerprint density at radius 2 is 2.32 bits per heavy atom. The molecule has 8 nitrogen and oxygen atoms in total. The fourth-order valence-electron chi connectivity index (χ4n) is 1.72. The molecule has 2 aromatic rings. The van der Waals surface area contributed by atoms with Gasteiger partial charge in [0.2, 0.25) is 5.82 Å². The van der Waals surface area contributed by atoms with E-state index in [1.807, 2.05) is 12.3 Å². The van der Waals surface area contributed by atoms with Gasteiger partial charge in [-0.05, 0) is 6.42 Å². The first-order valence-electron chi connectivity index (χ1n) is 6.45. The lowest BCUT2D eigenvalue weighted by Crippen LogP contribution is -2.08. The number of aromatic nitrogens is 2. The number of methoxy groups -OCH3 is 1. The highest BCUT2D eigenvalue weighted by atomic mass is 32.1. The van der Waals surface area contributed by atoms with Gasteiger partial charge >= 0.3 is 11.7 Å². The van der Waals surface area contributed by atoms with Gasteiger partial charge in [0.05, 0.1) is 34.8 Å². The van der Waals surface area contributed by atoms with E-state index in [1.165, 1.54) is 24.6 Å². The van der Waals surface area contributed by atoms with Crippen molar-refractivity contribution in [2.45, 2.75) is 19.9 Å². The quantitative estimate of drug-likeness (QED) is 0.494. The molecule has 2 heterocycles. The lowest BCUT2D eigenvalue weighted by molar-refractivity contribution is -0.384. The van der Waals surface area contributed by atoms with Crippen LogP contribution < -0.4 is 5.32 Å². The minimum absolute atomic E-state index is 0.0293. The molecule has 0 amide bonds. The van der Waals surface area contributed by atoms with Crippen molar-refractivity contribution in [1.29, 1.82) is 0 Å². The predicted molar refractivity (Wildman–Crippen MR) is 81.0 cm³/mol. The first kappa shape index (κ1) is 15.8. The number of thiazole rings is 1. The number of pyridine rings is 1. The van der Waals surface area contributed by atoms with Crippen molar-refractivity contribution in [1.82, 2.24) is 9.97 Å². The zero-order valence-corrected chi connectivity index (χ0v) is 12.8. The summed E-state index contributed by atoms with van der Waals surface area (Å²) in [6.45, 7) is 2.33. The standard InChI is InChI=1S/C13H14N4O4S/c1-3-11-16-9(7-22-11)6-15-12-10(17(19)20)4-8(5-14-12)13(18)21-2/h4-5,7H,3,6H2,1-2H3,(H,14,15). The molecule has 2 aromatic heterocycles. The maximum atomic E-state index is 11.4. The average Bonchev–Trinajstić information content (AvgIpc) is 3.00. The zero-order chi connectivity index (χ0) is 16.1. The Labute approximate surface area is 130 Å². The molecule has 1 N–H and O–H groups in total. The highest BCUT2D eigenvalue weighted by molar-refractivity contribution is 7.09. The first-order chi connectivity index (χ1) is 10.5. The van der Waals surface area contributed by atoms with Crippen LogP contribution in [0.15, 0.2) is 17.6 Å². The van der Waals surface area contributed by atoms with E-state index in [0.717, 1.165) is 23.2 Å². The molecule has 0 fully saturated rings. The molecule has 9 heteroatoms. The fraction of sp³-hybridized carbons (Fsp3) is 0.308. The molecule has 22 heavy (non-hydrogen) atoms. The summed E-state index contributed by atoms with van der Waals surface area (Å²) in [4.78, 5) is 30.2. The van der Waals surface area contributed by atoms with Crippen molar-refractivity contribution in [2.75, 3.05) is 12.4 Å². The number of rotatable bonds is 6.